The van der Waals surface area contributed by atoms with Crippen LogP contribution in [0.2, 0.25) is 0 Å². The topological polar surface area (TPSA) is 645 Å². The molecule has 0 aliphatic carbocycles. The fraction of sp³-hybridized carbons (Fsp3) is 0.552. The molecule has 11 amide bonds. The number of benzene rings is 2. The summed E-state index contributed by atoms with van der Waals surface area (Å²) in [4.78, 5) is 193. The van der Waals surface area contributed by atoms with Gasteiger partial charge in [-0.15, -0.1) is 0 Å². The maximum absolute atomic E-state index is 14.7. The Morgan fingerprint density at radius 3 is 1.30 bits per heavy atom. The van der Waals surface area contributed by atoms with Crippen molar-refractivity contribution in [2.75, 3.05) is 32.8 Å². The van der Waals surface area contributed by atoms with Gasteiger partial charge in [0, 0.05) is 44.2 Å². The van der Waals surface area contributed by atoms with Crippen LogP contribution in [0.25, 0.3) is 0 Å². The molecule has 0 aliphatic heterocycles. The number of aliphatic hydroxyl groups excluding tert-OH is 2. The number of carbonyl (C=O) groups is 13. The van der Waals surface area contributed by atoms with Crippen LogP contribution in [0, 0.1) is 11.8 Å². The second-order valence-corrected chi connectivity index (χ2v) is 25.5. The molecule has 2 aromatic carbocycles. The number of aromatic nitrogens is 2. The summed E-state index contributed by atoms with van der Waals surface area (Å²) < 4.78 is 0. The Morgan fingerprint density at radius 2 is 0.876 bits per heavy atom. The maximum atomic E-state index is 14.7. The van der Waals surface area contributed by atoms with E-state index in [4.69, 9.17) is 34.4 Å². The minimum Gasteiger partial charge on any atom is -0.481 e. The van der Waals surface area contributed by atoms with Gasteiger partial charge in [0.15, 0.2) is 11.9 Å². The van der Waals surface area contributed by atoms with Crippen molar-refractivity contribution in [3.05, 3.63) is 90.0 Å². The molecule has 0 unspecified atom stereocenters. The standard InChI is InChI=1S/C67H105N21O17/c1-6-37(4)53(64(103)85-48(29-40-19-11-8-12-20-40)60(99)87-51(34-90)65(104)105)88-62(101)46(27-36(2)3)84-58(97)45(23-16-26-76-67(72)73)80-57(96)44(22-15-25-75-66(70)71)79-56(95)43(21-13-14-24-68)81-63(102)50(33-89)86-61(100)49(30-41-32-74-35-77-41)82-54(93)38(5)78-59(98)47(28-39-17-9-7-10-18-39)83-55(94)42(69)31-52(91)92/h7-12,17-20,32,35-38,42-51,53,89-90H,6,13-16,21-31,33-34,68-69H2,1-5H3,(H,74,77)(H,78,98)(H,79,95)(H,80,96)(H,81,102)(H,82,93)(H,83,94)(H,84,97)(H,85,103)(H,86,100)(H,87,99)(H,88,101)(H,91,92)(H,104,105)(H4,70,71,75)(H4,72,73,76)/t37-,38-,42-,43-,44-,45-,46-,47-,48-,49-,50-,51-,53-/m0/s1. The molecule has 580 valence electrons. The van der Waals surface area contributed by atoms with E-state index in [-0.39, 0.29) is 102 Å². The van der Waals surface area contributed by atoms with Crippen LogP contribution in [0.1, 0.15) is 116 Å². The van der Waals surface area contributed by atoms with Gasteiger partial charge in [0.05, 0.1) is 32.0 Å². The molecule has 13 atom stereocenters. The summed E-state index contributed by atoms with van der Waals surface area (Å²) in [7, 11) is 0. The number of amides is 11. The number of rotatable bonds is 49. The molecule has 3 rings (SSSR count). The molecule has 0 fully saturated rings. The summed E-state index contributed by atoms with van der Waals surface area (Å²) in [6, 6.07) is -1.30. The second-order valence-electron chi connectivity index (χ2n) is 25.5. The third-order valence-electron chi connectivity index (χ3n) is 16.4. The molecular weight excluding hydrogens is 1370 g/mol. The Hall–Kier alpha value is -10.9. The number of nitrogens with two attached hydrogens (primary N) is 6. The van der Waals surface area contributed by atoms with Crippen molar-refractivity contribution in [3.63, 3.8) is 0 Å². The summed E-state index contributed by atoms with van der Waals surface area (Å²) in [6.45, 7) is 6.18. The molecule has 38 heteroatoms. The second kappa shape index (κ2) is 46.7. The number of aliphatic carboxylic acids is 2. The number of aromatic amines is 1. The highest BCUT2D eigenvalue weighted by Crippen LogP contribution is 2.15. The molecule has 1 heterocycles. The highest BCUT2D eigenvalue weighted by molar-refractivity contribution is 6.00. The number of hydrogen-bond acceptors (Lipinski definition) is 20. The van der Waals surface area contributed by atoms with E-state index in [1.54, 1.807) is 88.4 Å². The van der Waals surface area contributed by atoms with Crippen molar-refractivity contribution >= 4 is 88.8 Å². The van der Waals surface area contributed by atoms with Crippen molar-refractivity contribution in [2.24, 2.45) is 56.2 Å². The number of carbonyl (C=O) groups excluding carboxylic acids is 11. The lowest BCUT2D eigenvalue weighted by molar-refractivity contribution is -0.143. The Kier molecular flexibility index (Phi) is 39.3. The number of guanidine groups is 2. The first-order chi connectivity index (χ1) is 49.8. The molecule has 3 aromatic rings. The van der Waals surface area contributed by atoms with Crippen molar-refractivity contribution in [1.29, 1.82) is 0 Å². The van der Waals surface area contributed by atoms with Crippen molar-refractivity contribution in [3.8, 4) is 0 Å². The van der Waals surface area contributed by atoms with E-state index < -0.39 is 175 Å². The first-order valence-electron chi connectivity index (χ1n) is 34.4. The minimum atomic E-state index is -1.82. The van der Waals surface area contributed by atoms with Crippen LogP contribution < -0.4 is 92.9 Å². The molecular formula is C67H105N21O17. The number of nitrogens with zero attached hydrogens (tertiary/aromatic N) is 3. The Balaban J connectivity index is 1.96. The highest BCUT2D eigenvalue weighted by Gasteiger charge is 2.38. The average Bonchev–Trinajstić information content (AvgIpc) is 1.81. The summed E-state index contributed by atoms with van der Waals surface area (Å²) in [6.07, 6.45) is 1.71. The van der Waals surface area contributed by atoms with Crippen LogP contribution >= 0.6 is 0 Å². The fourth-order valence-corrected chi connectivity index (χ4v) is 10.4. The first-order valence-corrected chi connectivity index (χ1v) is 34.4. The van der Waals surface area contributed by atoms with E-state index in [0.717, 1.165) is 0 Å². The largest absolute Gasteiger partial charge is 0.481 e. The molecule has 0 radical (unpaired) electrons. The van der Waals surface area contributed by atoms with Gasteiger partial charge in [-0.25, -0.2) is 9.78 Å². The van der Waals surface area contributed by atoms with Gasteiger partial charge < -0.3 is 118 Å². The van der Waals surface area contributed by atoms with E-state index in [2.05, 4.69) is 78.4 Å². The number of hydrogen-bond donors (Lipinski definition) is 22. The number of carboxylic acid groups (broad SMARTS) is 2. The maximum Gasteiger partial charge on any atom is 0.328 e. The molecule has 0 aliphatic rings. The van der Waals surface area contributed by atoms with Crippen molar-refractivity contribution in [1.82, 2.24) is 68.5 Å². The van der Waals surface area contributed by atoms with Gasteiger partial charge in [-0.3, -0.25) is 67.5 Å². The van der Waals surface area contributed by atoms with Gasteiger partial charge in [0.2, 0.25) is 65.0 Å². The SMILES string of the molecule is CC[C@H](C)[C@H](NC(=O)[C@H](CC(C)C)NC(=O)[C@H](CCCN=C(N)N)NC(=O)[C@H](CCCN=C(N)N)NC(=O)[C@H](CCCCN)NC(=O)[C@H](CO)NC(=O)[C@H](Cc1cnc[nH]1)NC(=O)[C@H](C)NC(=O)[C@H](Cc1ccccc1)NC(=O)[C@@H](N)CC(=O)O)C(=O)N[C@@H](Cc1ccccc1)C(=O)N[C@@H](CO)C(=O)O. The third-order valence-corrected chi connectivity index (χ3v) is 16.4. The third kappa shape index (κ3) is 33.0. The summed E-state index contributed by atoms with van der Waals surface area (Å²) >= 11 is 0. The molecule has 38 nitrogen and oxygen atoms in total. The lowest BCUT2D eigenvalue weighted by atomic mass is 9.95. The highest BCUT2D eigenvalue weighted by atomic mass is 16.4. The van der Waals surface area contributed by atoms with E-state index in [0.29, 0.717) is 29.7 Å². The fourth-order valence-electron chi connectivity index (χ4n) is 10.4. The number of nitrogens with one attached hydrogen (secondary N) is 12. The minimum absolute atomic E-state index is 0.0270. The lowest BCUT2D eigenvalue weighted by Crippen LogP contribution is -2.61. The van der Waals surface area contributed by atoms with Crippen molar-refractivity contribution < 1.29 is 82.8 Å². The predicted octanol–water partition coefficient (Wildman–Crippen LogP) is -6.01. The smallest absolute Gasteiger partial charge is 0.328 e. The van der Waals surface area contributed by atoms with Gasteiger partial charge in [0.1, 0.15) is 66.5 Å². The zero-order chi connectivity index (χ0) is 78.3. The van der Waals surface area contributed by atoms with Crippen LogP contribution in [0.4, 0.5) is 0 Å². The molecule has 0 saturated heterocycles. The van der Waals surface area contributed by atoms with Crippen LogP contribution in [-0.2, 0) is 81.6 Å². The molecule has 0 saturated carbocycles. The van der Waals surface area contributed by atoms with Gasteiger partial charge in [0.25, 0.3) is 0 Å². The zero-order valence-electron chi connectivity index (χ0n) is 59.6. The number of H-pyrrole nitrogens is 1. The predicted molar refractivity (Wildman–Crippen MR) is 383 cm³/mol. The lowest BCUT2D eigenvalue weighted by Gasteiger charge is -2.30. The molecule has 0 spiro atoms. The van der Waals surface area contributed by atoms with Gasteiger partial charge in [-0.05, 0) is 87.8 Å². The van der Waals surface area contributed by atoms with Crippen LogP contribution in [-0.4, -0.2) is 225 Å². The number of carboxylic acids is 2. The van der Waals surface area contributed by atoms with E-state index in [1.807, 2.05) is 0 Å². The van der Waals surface area contributed by atoms with Gasteiger partial charge in [-0.1, -0.05) is 94.8 Å². The van der Waals surface area contributed by atoms with Crippen LogP contribution in [0.5, 0.6) is 0 Å². The molecule has 105 heavy (non-hydrogen) atoms. The quantitative estimate of drug-likeness (QED) is 0.0142. The number of aliphatic imine (C=N–C) groups is 2. The normalized spacial score (nSPS) is 14.8. The van der Waals surface area contributed by atoms with E-state index >= 15 is 0 Å². The molecule has 1 aromatic heterocycles. The van der Waals surface area contributed by atoms with E-state index in [9.17, 15) is 82.8 Å². The van der Waals surface area contributed by atoms with Crippen LogP contribution in [0.3, 0.4) is 0 Å². The Bertz CT molecular complexity index is 3380. The Labute approximate surface area is 607 Å². The monoisotopic (exact) mass is 1480 g/mol. The Morgan fingerprint density at radius 1 is 0.476 bits per heavy atom. The van der Waals surface area contributed by atoms with E-state index in [1.165, 1.54) is 19.4 Å². The zero-order valence-corrected chi connectivity index (χ0v) is 59.6. The number of aliphatic hydroxyl groups is 2. The first kappa shape index (κ1) is 88.4. The van der Waals surface area contributed by atoms with Gasteiger partial charge >= 0.3 is 11.9 Å². The molecule has 28 N–H and O–H groups in total. The summed E-state index contributed by atoms with van der Waals surface area (Å²) in [5, 5.41) is 67.0. The van der Waals surface area contributed by atoms with Crippen LogP contribution in [0.15, 0.2) is 83.2 Å². The average molecular weight is 1480 g/mol. The summed E-state index contributed by atoms with van der Waals surface area (Å²) in [5.41, 5.74) is 35.4. The summed E-state index contributed by atoms with van der Waals surface area (Å²) in [5.74, 6) is -14.8. The van der Waals surface area contributed by atoms with Gasteiger partial charge in [-0.2, -0.15) is 0 Å². The number of imidazole rings is 1. The number of unbranched alkanes of at least 4 members (excludes halogenated alkanes) is 1. The molecule has 0 bridgehead atoms. The van der Waals surface area contributed by atoms with Crippen molar-refractivity contribution in [2.45, 2.75) is 191 Å².